The second-order valence-electron chi connectivity index (χ2n) is 4.29. The van der Waals surface area contributed by atoms with Crippen LogP contribution in [0.25, 0.3) is 28.2 Å². The van der Waals surface area contributed by atoms with Crippen molar-refractivity contribution < 1.29 is 0 Å². The fourth-order valence-electron chi connectivity index (χ4n) is 2.21. The van der Waals surface area contributed by atoms with E-state index in [1.807, 2.05) is 36.4 Å². The molecule has 0 aliphatic heterocycles. The third kappa shape index (κ3) is 1.58. The summed E-state index contributed by atoms with van der Waals surface area (Å²) < 4.78 is 1.79. The lowest BCUT2D eigenvalue weighted by atomic mass is 10.1. The highest BCUT2D eigenvalue weighted by Gasteiger charge is 2.12. The minimum atomic E-state index is 0.629. The number of hydrogen-bond donors (Lipinski definition) is 1. The molecule has 6 nitrogen and oxygen atoms in total. The summed E-state index contributed by atoms with van der Waals surface area (Å²) in [5.74, 6) is 0.691. The lowest BCUT2D eigenvalue weighted by molar-refractivity contribution is 0.855. The van der Waals surface area contributed by atoms with Gasteiger partial charge in [0, 0.05) is 5.56 Å². The normalized spacial score (nSPS) is 11.0. The van der Waals surface area contributed by atoms with E-state index in [9.17, 15) is 0 Å². The first-order chi connectivity index (χ1) is 9.93. The van der Waals surface area contributed by atoms with Gasteiger partial charge >= 0.3 is 0 Å². The summed E-state index contributed by atoms with van der Waals surface area (Å²) >= 11 is 0. The Morgan fingerprint density at radius 3 is 2.75 bits per heavy atom. The Bertz CT molecular complexity index is 861. The van der Waals surface area contributed by atoms with Gasteiger partial charge in [-0.15, -0.1) is 0 Å². The highest BCUT2D eigenvalue weighted by atomic mass is 15.3. The van der Waals surface area contributed by atoms with Crippen LogP contribution < -0.4 is 0 Å². The molecule has 0 bridgehead atoms. The molecule has 1 N–H and O–H groups in total. The van der Waals surface area contributed by atoms with Crippen molar-refractivity contribution in [2.75, 3.05) is 0 Å². The van der Waals surface area contributed by atoms with Crippen LogP contribution in [0.5, 0.6) is 0 Å². The third-order valence-electron chi connectivity index (χ3n) is 3.12. The molecule has 1 aromatic carbocycles. The molecule has 0 aliphatic carbocycles. The number of aromatic nitrogens is 6. The van der Waals surface area contributed by atoms with E-state index in [4.69, 9.17) is 0 Å². The average molecular weight is 262 g/mol. The Morgan fingerprint density at radius 2 is 1.85 bits per heavy atom. The van der Waals surface area contributed by atoms with Crippen LogP contribution in [0.2, 0.25) is 0 Å². The van der Waals surface area contributed by atoms with Crippen LogP contribution in [0.15, 0.2) is 55.2 Å². The van der Waals surface area contributed by atoms with E-state index in [1.165, 1.54) is 6.33 Å². The highest BCUT2D eigenvalue weighted by molar-refractivity contribution is 5.78. The van der Waals surface area contributed by atoms with Crippen molar-refractivity contribution in [1.82, 2.24) is 29.7 Å². The van der Waals surface area contributed by atoms with Crippen LogP contribution in [-0.2, 0) is 0 Å². The van der Waals surface area contributed by atoms with Gasteiger partial charge in [0.05, 0.1) is 18.2 Å². The Labute approximate surface area is 114 Å². The van der Waals surface area contributed by atoms with Crippen molar-refractivity contribution in [1.29, 1.82) is 0 Å². The van der Waals surface area contributed by atoms with E-state index in [0.29, 0.717) is 11.5 Å². The number of aromatic amines is 1. The van der Waals surface area contributed by atoms with E-state index >= 15 is 0 Å². The Balaban J connectivity index is 1.96. The smallest absolute Gasteiger partial charge is 0.183 e. The van der Waals surface area contributed by atoms with Crippen molar-refractivity contribution in [3.05, 3.63) is 55.2 Å². The number of nitrogens with one attached hydrogen (secondary N) is 1. The SMILES string of the molecule is c1ccc(-c2ccnn2-c2ncnc3nc[nH]c23)cc1. The van der Waals surface area contributed by atoms with Gasteiger partial charge in [0.2, 0.25) is 0 Å². The average Bonchev–Trinajstić information content (AvgIpc) is 3.16. The van der Waals surface area contributed by atoms with Gasteiger partial charge in [-0.1, -0.05) is 30.3 Å². The van der Waals surface area contributed by atoms with Crippen LogP contribution >= 0.6 is 0 Å². The quantitative estimate of drug-likeness (QED) is 0.601. The second-order valence-corrected chi connectivity index (χ2v) is 4.29. The first kappa shape index (κ1) is 10.9. The Kier molecular flexibility index (Phi) is 2.32. The first-order valence-corrected chi connectivity index (χ1v) is 6.17. The molecule has 6 heteroatoms. The summed E-state index contributed by atoms with van der Waals surface area (Å²) in [6, 6.07) is 12.0. The number of benzene rings is 1. The zero-order chi connectivity index (χ0) is 13.4. The maximum atomic E-state index is 4.37. The zero-order valence-corrected chi connectivity index (χ0v) is 10.4. The van der Waals surface area contributed by atoms with Gasteiger partial charge in [0.15, 0.2) is 11.5 Å². The number of H-pyrrole nitrogens is 1. The zero-order valence-electron chi connectivity index (χ0n) is 10.4. The van der Waals surface area contributed by atoms with Crippen molar-refractivity contribution in [2.24, 2.45) is 0 Å². The molecule has 0 saturated heterocycles. The number of fused-ring (bicyclic) bond motifs is 1. The minimum absolute atomic E-state index is 0.629. The molecule has 3 heterocycles. The van der Waals surface area contributed by atoms with E-state index in [1.54, 1.807) is 17.2 Å². The predicted octanol–water partition coefficient (Wildman–Crippen LogP) is 2.21. The molecule has 0 radical (unpaired) electrons. The lowest BCUT2D eigenvalue weighted by Gasteiger charge is -2.06. The summed E-state index contributed by atoms with van der Waals surface area (Å²) in [6.45, 7) is 0. The number of rotatable bonds is 2. The summed E-state index contributed by atoms with van der Waals surface area (Å²) in [5, 5.41) is 4.37. The van der Waals surface area contributed by atoms with Crippen molar-refractivity contribution >= 4 is 11.2 Å². The van der Waals surface area contributed by atoms with Gasteiger partial charge in [-0.25, -0.2) is 19.6 Å². The summed E-state index contributed by atoms with van der Waals surface area (Å²) in [5.41, 5.74) is 3.45. The van der Waals surface area contributed by atoms with Gasteiger partial charge in [0.25, 0.3) is 0 Å². The molecular formula is C14H10N6. The summed E-state index contributed by atoms with van der Waals surface area (Å²) in [7, 11) is 0. The summed E-state index contributed by atoms with van der Waals surface area (Å²) in [4.78, 5) is 15.6. The maximum Gasteiger partial charge on any atom is 0.183 e. The van der Waals surface area contributed by atoms with Gasteiger partial charge in [-0.05, 0) is 6.07 Å². The van der Waals surface area contributed by atoms with Crippen molar-refractivity contribution in [3.8, 4) is 17.1 Å². The van der Waals surface area contributed by atoms with Gasteiger partial charge in [0.1, 0.15) is 11.8 Å². The van der Waals surface area contributed by atoms with Crippen molar-refractivity contribution in [2.45, 2.75) is 0 Å². The van der Waals surface area contributed by atoms with E-state index in [2.05, 4.69) is 25.0 Å². The van der Waals surface area contributed by atoms with Crippen LogP contribution in [0, 0.1) is 0 Å². The van der Waals surface area contributed by atoms with Gasteiger partial charge < -0.3 is 4.98 Å². The monoisotopic (exact) mass is 262 g/mol. The molecule has 4 rings (SSSR count). The molecular weight excluding hydrogens is 252 g/mol. The molecule has 3 aromatic heterocycles. The number of hydrogen-bond acceptors (Lipinski definition) is 4. The molecule has 0 saturated carbocycles. The van der Waals surface area contributed by atoms with Gasteiger partial charge in [-0.3, -0.25) is 0 Å². The fraction of sp³-hybridized carbons (Fsp3) is 0. The molecule has 4 aromatic rings. The molecule has 0 aliphatic rings. The van der Waals surface area contributed by atoms with E-state index in [-0.39, 0.29) is 0 Å². The predicted molar refractivity (Wildman–Crippen MR) is 74.2 cm³/mol. The Morgan fingerprint density at radius 1 is 0.950 bits per heavy atom. The molecule has 0 atom stereocenters. The molecule has 0 fully saturated rings. The summed E-state index contributed by atoms with van der Waals surface area (Å²) in [6.07, 6.45) is 4.86. The fourth-order valence-corrected chi connectivity index (χ4v) is 2.21. The van der Waals surface area contributed by atoms with Crippen LogP contribution in [0.1, 0.15) is 0 Å². The second kappa shape index (κ2) is 4.27. The van der Waals surface area contributed by atoms with Crippen LogP contribution in [0.3, 0.4) is 0 Å². The molecule has 0 unspecified atom stereocenters. The van der Waals surface area contributed by atoms with Crippen molar-refractivity contribution in [3.63, 3.8) is 0 Å². The van der Waals surface area contributed by atoms with Crippen LogP contribution in [-0.4, -0.2) is 29.7 Å². The first-order valence-electron chi connectivity index (χ1n) is 6.17. The van der Waals surface area contributed by atoms with E-state index in [0.717, 1.165) is 16.8 Å². The Hall–Kier alpha value is -3.02. The molecule has 0 amide bonds. The standard InChI is InChI=1S/C14H10N6/c1-2-4-10(5-3-1)11-6-7-19-20(11)14-12-13(16-8-15-12)17-9-18-14/h1-9H,(H,15,16,17,18). The topological polar surface area (TPSA) is 72.3 Å². The number of nitrogens with zero attached hydrogens (tertiary/aromatic N) is 5. The highest BCUT2D eigenvalue weighted by Crippen LogP contribution is 2.23. The lowest BCUT2D eigenvalue weighted by Crippen LogP contribution is -2.03. The van der Waals surface area contributed by atoms with Crippen LogP contribution in [0.4, 0.5) is 0 Å². The number of imidazole rings is 1. The van der Waals surface area contributed by atoms with E-state index < -0.39 is 0 Å². The minimum Gasteiger partial charge on any atom is -0.340 e. The largest absolute Gasteiger partial charge is 0.340 e. The molecule has 96 valence electrons. The third-order valence-corrected chi connectivity index (χ3v) is 3.12. The molecule has 20 heavy (non-hydrogen) atoms. The van der Waals surface area contributed by atoms with Gasteiger partial charge in [-0.2, -0.15) is 5.10 Å². The molecule has 0 spiro atoms. The maximum absolute atomic E-state index is 4.37.